The van der Waals surface area contributed by atoms with Gasteiger partial charge in [0, 0.05) is 13.0 Å². The lowest BCUT2D eigenvalue weighted by atomic mass is 10.3. The highest BCUT2D eigenvalue weighted by atomic mass is 32.2. The number of nitrogens with one attached hydrogen (secondary N) is 2. The molecule has 1 aliphatic rings. The maximum absolute atomic E-state index is 12.1. The Morgan fingerprint density at radius 3 is 3.05 bits per heavy atom. The molecule has 0 radical (unpaired) electrons. The van der Waals surface area contributed by atoms with Crippen molar-refractivity contribution in [1.82, 2.24) is 29.5 Å². The summed E-state index contributed by atoms with van der Waals surface area (Å²) < 4.78 is 28.7. The lowest BCUT2D eigenvalue weighted by Gasteiger charge is -2.13. The number of rotatable bonds is 4. The van der Waals surface area contributed by atoms with Crippen LogP contribution in [0, 0.1) is 0 Å². The van der Waals surface area contributed by atoms with Gasteiger partial charge in [-0.05, 0) is 13.3 Å². The van der Waals surface area contributed by atoms with Gasteiger partial charge >= 0.3 is 0 Å². The minimum atomic E-state index is -3.61. The molecule has 1 aliphatic heterocycles. The summed E-state index contributed by atoms with van der Waals surface area (Å²) in [6, 6.07) is -0.437. The zero-order valence-electron chi connectivity index (χ0n) is 10.4. The number of imidazole rings is 1. The van der Waals surface area contributed by atoms with Crippen molar-refractivity contribution in [2.45, 2.75) is 37.4 Å². The summed E-state index contributed by atoms with van der Waals surface area (Å²) in [7, 11) is -3.61. The van der Waals surface area contributed by atoms with E-state index in [1.54, 1.807) is 6.92 Å². The molecule has 0 aromatic carbocycles. The number of aromatic amines is 1. The summed E-state index contributed by atoms with van der Waals surface area (Å²) in [6.45, 7) is 2.59. The van der Waals surface area contributed by atoms with Crippen LogP contribution in [-0.4, -0.2) is 33.2 Å². The molecule has 1 unspecified atom stereocenters. The lowest BCUT2D eigenvalue weighted by Crippen LogP contribution is -2.29. The molecule has 2 aromatic rings. The van der Waals surface area contributed by atoms with E-state index in [9.17, 15) is 8.42 Å². The Labute approximate surface area is 110 Å². The fourth-order valence-electron chi connectivity index (χ4n) is 2.23. The van der Waals surface area contributed by atoms with Crippen LogP contribution in [0.3, 0.4) is 0 Å². The van der Waals surface area contributed by atoms with Crippen molar-refractivity contribution < 1.29 is 8.42 Å². The third-order valence-corrected chi connectivity index (χ3v) is 4.59. The second-order valence-corrected chi connectivity index (χ2v) is 6.17. The van der Waals surface area contributed by atoms with E-state index >= 15 is 0 Å². The van der Waals surface area contributed by atoms with Crippen LogP contribution in [0.15, 0.2) is 17.6 Å². The highest BCUT2D eigenvalue weighted by molar-refractivity contribution is 7.89. The van der Waals surface area contributed by atoms with Gasteiger partial charge in [0.25, 0.3) is 10.0 Å². The standard InChI is InChI=1S/C10H14N6O2S/c1-7(10-14-13-8-3-2-4-16(8)10)15-19(17,18)9-5-11-6-12-9/h5-7,15H,2-4H2,1H3,(H,11,12). The SMILES string of the molecule is CC(NS(=O)(=O)c1cnc[nH]1)c1nnc2n1CCC2. The van der Waals surface area contributed by atoms with Gasteiger partial charge in [0.05, 0.1) is 18.6 Å². The number of hydrogen-bond donors (Lipinski definition) is 2. The van der Waals surface area contributed by atoms with Gasteiger partial charge in [-0.15, -0.1) is 10.2 Å². The molecule has 102 valence electrons. The average molecular weight is 282 g/mol. The van der Waals surface area contributed by atoms with Crippen LogP contribution >= 0.6 is 0 Å². The fourth-order valence-corrected chi connectivity index (χ4v) is 3.34. The topological polar surface area (TPSA) is 106 Å². The van der Waals surface area contributed by atoms with Gasteiger partial charge in [0.1, 0.15) is 5.82 Å². The molecule has 0 aliphatic carbocycles. The Hall–Kier alpha value is -1.74. The first-order chi connectivity index (χ1) is 9.08. The molecule has 0 bridgehead atoms. The number of hydrogen-bond acceptors (Lipinski definition) is 5. The monoisotopic (exact) mass is 282 g/mol. The molecule has 1 atom stereocenters. The van der Waals surface area contributed by atoms with Crippen molar-refractivity contribution in [3.8, 4) is 0 Å². The molecule has 0 fully saturated rings. The van der Waals surface area contributed by atoms with Crippen LogP contribution in [0.25, 0.3) is 0 Å². The summed E-state index contributed by atoms with van der Waals surface area (Å²) in [5.41, 5.74) is 0. The minimum absolute atomic E-state index is 0.0421. The quantitative estimate of drug-likeness (QED) is 0.820. The molecule has 0 saturated heterocycles. The van der Waals surface area contributed by atoms with Crippen LogP contribution < -0.4 is 4.72 Å². The Morgan fingerprint density at radius 1 is 1.47 bits per heavy atom. The van der Waals surface area contributed by atoms with E-state index in [1.165, 1.54) is 12.5 Å². The van der Waals surface area contributed by atoms with Crippen LogP contribution in [0.2, 0.25) is 0 Å². The van der Waals surface area contributed by atoms with Crippen molar-refractivity contribution in [1.29, 1.82) is 0 Å². The van der Waals surface area contributed by atoms with Gasteiger partial charge in [-0.25, -0.2) is 13.4 Å². The summed E-state index contributed by atoms with van der Waals surface area (Å²) in [5.74, 6) is 1.57. The van der Waals surface area contributed by atoms with E-state index in [2.05, 4.69) is 24.9 Å². The maximum atomic E-state index is 12.1. The van der Waals surface area contributed by atoms with E-state index in [0.29, 0.717) is 5.82 Å². The molecule has 0 saturated carbocycles. The summed E-state index contributed by atoms with van der Waals surface area (Å²) in [4.78, 5) is 6.28. The molecular weight excluding hydrogens is 268 g/mol. The first-order valence-electron chi connectivity index (χ1n) is 6.00. The zero-order valence-corrected chi connectivity index (χ0v) is 11.2. The number of aryl methyl sites for hydroxylation is 1. The highest BCUT2D eigenvalue weighted by Crippen LogP contribution is 2.20. The molecule has 2 N–H and O–H groups in total. The number of nitrogens with zero attached hydrogens (tertiary/aromatic N) is 4. The van der Waals surface area contributed by atoms with Gasteiger partial charge in [-0.2, -0.15) is 4.72 Å². The molecule has 0 spiro atoms. The smallest absolute Gasteiger partial charge is 0.258 e. The Morgan fingerprint density at radius 2 is 2.32 bits per heavy atom. The number of sulfonamides is 1. The van der Waals surface area contributed by atoms with Crippen molar-refractivity contribution in [2.24, 2.45) is 0 Å². The van der Waals surface area contributed by atoms with Crippen molar-refractivity contribution in [3.05, 3.63) is 24.2 Å². The first kappa shape index (κ1) is 12.3. The van der Waals surface area contributed by atoms with Crippen LogP contribution in [0.4, 0.5) is 0 Å². The molecule has 8 nitrogen and oxygen atoms in total. The van der Waals surface area contributed by atoms with Gasteiger partial charge in [-0.1, -0.05) is 0 Å². The Bertz CT molecular complexity index is 675. The highest BCUT2D eigenvalue weighted by Gasteiger charge is 2.25. The normalized spacial score (nSPS) is 16.5. The molecule has 2 aromatic heterocycles. The predicted octanol–water partition coefficient (Wildman–Crippen LogP) is -0.0131. The zero-order chi connectivity index (χ0) is 13.5. The predicted molar refractivity (Wildman–Crippen MR) is 65.7 cm³/mol. The number of fused-ring (bicyclic) bond motifs is 1. The average Bonchev–Trinajstić information content (AvgIpc) is 3.06. The van der Waals surface area contributed by atoms with Crippen molar-refractivity contribution in [2.75, 3.05) is 0 Å². The van der Waals surface area contributed by atoms with Crippen molar-refractivity contribution in [3.63, 3.8) is 0 Å². The minimum Gasteiger partial charge on any atom is -0.335 e. The summed E-state index contributed by atoms with van der Waals surface area (Å²) in [5, 5.41) is 8.17. The molecule has 19 heavy (non-hydrogen) atoms. The molecule has 3 rings (SSSR count). The van der Waals surface area contributed by atoms with Crippen LogP contribution in [-0.2, 0) is 23.0 Å². The van der Waals surface area contributed by atoms with Crippen LogP contribution in [0.1, 0.15) is 31.0 Å². The maximum Gasteiger partial charge on any atom is 0.258 e. The van der Waals surface area contributed by atoms with E-state index in [-0.39, 0.29) is 5.03 Å². The Balaban J connectivity index is 1.84. The van der Waals surface area contributed by atoms with Gasteiger partial charge in [0.15, 0.2) is 10.9 Å². The van der Waals surface area contributed by atoms with Crippen LogP contribution in [0.5, 0.6) is 0 Å². The second-order valence-electron chi connectivity index (χ2n) is 4.49. The third kappa shape index (κ3) is 2.15. The molecular formula is C10H14N6O2S. The Kier molecular flexibility index (Phi) is 2.86. The molecule has 9 heteroatoms. The van der Waals surface area contributed by atoms with Gasteiger partial charge in [-0.3, -0.25) is 0 Å². The lowest BCUT2D eigenvalue weighted by molar-refractivity contribution is 0.544. The van der Waals surface area contributed by atoms with E-state index in [1.807, 2.05) is 4.57 Å². The fraction of sp³-hybridized carbons (Fsp3) is 0.500. The third-order valence-electron chi connectivity index (χ3n) is 3.12. The molecule has 3 heterocycles. The van der Waals surface area contributed by atoms with E-state index in [4.69, 9.17) is 0 Å². The van der Waals surface area contributed by atoms with Gasteiger partial charge in [0.2, 0.25) is 0 Å². The second kappa shape index (κ2) is 4.42. The number of aromatic nitrogens is 5. The summed E-state index contributed by atoms with van der Waals surface area (Å²) in [6.07, 6.45) is 4.52. The van der Waals surface area contributed by atoms with E-state index in [0.717, 1.165) is 25.2 Å². The largest absolute Gasteiger partial charge is 0.335 e. The number of H-pyrrole nitrogens is 1. The molecule has 0 amide bonds. The van der Waals surface area contributed by atoms with Crippen molar-refractivity contribution >= 4 is 10.0 Å². The summed E-state index contributed by atoms with van der Waals surface area (Å²) >= 11 is 0. The first-order valence-corrected chi connectivity index (χ1v) is 7.49. The van der Waals surface area contributed by atoms with E-state index < -0.39 is 16.1 Å². The van der Waals surface area contributed by atoms with Gasteiger partial charge < -0.3 is 9.55 Å².